The zero-order valence-corrected chi connectivity index (χ0v) is 19.1. The maximum atomic E-state index is 13.0. The van der Waals surface area contributed by atoms with Crippen molar-refractivity contribution >= 4 is 27.5 Å². The van der Waals surface area contributed by atoms with E-state index in [9.17, 15) is 13.2 Å². The fraction of sp³-hybridized carbons (Fsp3) is 0.591. The Kier molecular flexibility index (Phi) is 8.20. The summed E-state index contributed by atoms with van der Waals surface area (Å²) in [5.41, 5.74) is 1.44. The molecule has 2 aliphatic rings. The molecule has 1 fully saturated rings. The summed E-state index contributed by atoms with van der Waals surface area (Å²) in [6.45, 7) is 3.62. The van der Waals surface area contributed by atoms with Crippen molar-refractivity contribution in [3.05, 3.63) is 34.9 Å². The molecule has 0 bridgehead atoms. The van der Waals surface area contributed by atoms with E-state index in [4.69, 9.17) is 16.3 Å². The smallest absolute Gasteiger partial charge is 0.243 e. The van der Waals surface area contributed by atoms with Crippen LogP contribution in [0.1, 0.15) is 51.9 Å². The summed E-state index contributed by atoms with van der Waals surface area (Å²) in [4.78, 5) is 12.6. The number of sulfonamides is 1. The first-order valence-corrected chi connectivity index (χ1v) is 12.6. The molecule has 1 saturated heterocycles. The van der Waals surface area contributed by atoms with Crippen molar-refractivity contribution in [3.8, 4) is 5.75 Å². The Bertz CT molecular complexity index is 877. The third-order valence-electron chi connectivity index (χ3n) is 5.80. The van der Waals surface area contributed by atoms with Crippen molar-refractivity contribution in [1.82, 2.24) is 9.62 Å². The molecule has 0 radical (unpaired) electrons. The monoisotopic (exact) mass is 454 g/mol. The van der Waals surface area contributed by atoms with Gasteiger partial charge in [-0.25, -0.2) is 8.42 Å². The van der Waals surface area contributed by atoms with Crippen LogP contribution >= 0.6 is 11.6 Å². The molecule has 166 valence electrons. The van der Waals surface area contributed by atoms with Gasteiger partial charge in [-0.15, -0.1) is 0 Å². The number of carbonyl (C=O) groups is 1. The number of rotatable bonds is 8. The summed E-state index contributed by atoms with van der Waals surface area (Å²) in [6, 6.07) is 4.53. The molecular formula is C22H31ClN2O4S. The number of halogens is 1. The van der Waals surface area contributed by atoms with Crippen molar-refractivity contribution < 1.29 is 17.9 Å². The number of amides is 1. The minimum atomic E-state index is -3.64. The molecule has 1 aliphatic heterocycles. The van der Waals surface area contributed by atoms with E-state index in [0.717, 1.165) is 19.3 Å². The van der Waals surface area contributed by atoms with Crippen molar-refractivity contribution in [2.24, 2.45) is 5.92 Å². The lowest BCUT2D eigenvalue weighted by Crippen LogP contribution is -2.43. The maximum Gasteiger partial charge on any atom is 0.243 e. The molecular weight excluding hydrogens is 424 g/mol. The maximum absolute atomic E-state index is 13.0. The lowest BCUT2D eigenvalue weighted by molar-refractivity contribution is -0.126. The molecule has 6 nitrogen and oxygen atoms in total. The fourth-order valence-electron chi connectivity index (χ4n) is 4.04. The van der Waals surface area contributed by atoms with Crippen molar-refractivity contribution in [2.45, 2.75) is 56.8 Å². The minimum Gasteiger partial charge on any atom is -0.492 e. The number of nitrogens with zero attached hydrogens (tertiary/aromatic N) is 1. The summed E-state index contributed by atoms with van der Waals surface area (Å²) in [5.74, 6) is 0.366. The predicted molar refractivity (Wildman–Crippen MR) is 118 cm³/mol. The normalized spacial score (nSPS) is 18.7. The molecule has 0 atom stereocenters. The van der Waals surface area contributed by atoms with Crippen molar-refractivity contribution in [2.75, 3.05) is 26.2 Å². The average Bonchev–Trinajstić information content (AvgIpc) is 2.76. The van der Waals surface area contributed by atoms with E-state index < -0.39 is 10.0 Å². The van der Waals surface area contributed by atoms with Gasteiger partial charge in [-0.3, -0.25) is 4.79 Å². The first kappa shape index (κ1) is 23.1. The van der Waals surface area contributed by atoms with Crippen LogP contribution in [0.3, 0.4) is 0 Å². The first-order valence-electron chi connectivity index (χ1n) is 10.8. The van der Waals surface area contributed by atoms with Crippen molar-refractivity contribution in [1.29, 1.82) is 0 Å². The Morgan fingerprint density at radius 3 is 2.67 bits per heavy atom. The van der Waals surface area contributed by atoms with E-state index in [0.29, 0.717) is 44.8 Å². The number of carbonyl (C=O) groups excluding carboxylic acids is 1. The Hall–Kier alpha value is -1.57. The fourth-order valence-corrected chi connectivity index (χ4v) is 5.84. The lowest BCUT2D eigenvalue weighted by Gasteiger charge is -2.30. The summed E-state index contributed by atoms with van der Waals surface area (Å²) in [5, 5.41) is 3.31. The van der Waals surface area contributed by atoms with Gasteiger partial charge in [0, 0.05) is 25.6 Å². The highest BCUT2D eigenvalue weighted by Crippen LogP contribution is 2.30. The number of piperidine rings is 1. The summed E-state index contributed by atoms with van der Waals surface area (Å²) >= 11 is 6.16. The minimum absolute atomic E-state index is 0.0348. The zero-order chi connectivity index (χ0) is 21.6. The third kappa shape index (κ3) is 5.77. The molecule has 3 rings (SSSR count). The van der Waals surface area contributed by atoms with Crippen LogP contribution in [0, 0.1) is 5.92 Å². The Morgan fingerprint density at radius 1 is 1.27 bits per heavy atom. The van der Waals surface area contributed by atoms with Crippen LogP contribution in [0.2, 0.25) is 5.02 Å². The van der Waals surface area contributed by atoms with Crippen LogP contribution < -0.4 is 10.1 Å². The van der Waals surface area contributed by atoms with Gasteiger partial charge in [0.05, 0.1) is 16.5 Å². The lowest BCUT2D eigenvalue weighted by atomic mass is 9.96. The van der Waals surface area contributed by atoms with E-state index >= 15 is 0 Å². The van der Waals surface area contributed by atoms with Gasteiger partial charge in [0.15, 0.2) is 0 Å². The molecule has 1 aromatic rings. The van der Waals surface area contributed by atoms with E-state index in [1.54, 1.807) is 6.07 Å². The van der Waals surface area contributed by atoms with E-state index in [2.05, 4.69) is 11.4 Å². The number of benzene rings is 1. The quantitative estimate of drug-likeness (QED) is 0.599. The van der Waals surface area contributed by atoms with E-state index in [1.807, 2.05) is 6.92 Å². The SMILES string of the molecule is CCOc1ccc(S(=O)(=O)N2CCC(C(=O)NCCC3=CCCCC3)CC2)cc1Cl. The summed E-state index contributed by atoms with van der Waals surface area (Å²) < 4.78 is 32.7. The largest absolute Gasteiger partial charge is 0.492 e. The second-order valence-corrected chi connectivity index (χ2v) is 10.2. The van der Waals surface area contributed by atoms with Gasteiger partial charge in [-0.2, -0.15) is 4.31 Å². The Balaban J connectivity index is 1.50. The molecule has 0 aromatic heterocycles. The van der Waals surface area contributed by atoms with Gasteiger partial charge in [0.25, 0.3) is 0 Å². The summed E-state index contributed by atoms with van der Waals surface area (Å²) in [6.07, 6.45) is 9.06. The van der Waals surface area contributed by atoms with Gasteiger partial charge < -0.3 is 10.1 Å². The zero-order valence-electron chi connectivity index (χ0n) is 17.5. The highest BCUT2D eigenvalue weighted by molar-refractivity contribution is 7.89. The molecule has 0 unspecified atom stereocenters. The molecule has 1 amide bonds. The van der Waals surface area contributed by atoms with Crippen molar-refractivity contribution in [3.63, 3.8) is 0 Å². The third-order valence-corrected chi connectivity index (χ3v) is 7.99. The molecule has 30 heavy (non-hydrogen) atoms. The standard InChI is InChI=1S/C22H31ClN2O4S/c1-2-29-21-9-8-19(16-20(21)23)30(27,28)25-14-11-18(12-15-25)22(26)24-13-10-17-6-4-3-5-7-17/h6,8-9,16,18H,2-5,7,10-15H2,1H3,(H,24,26). The number of allylic oxidation sites excluding steroid dienone is 1. The van der Waals surface area contributed by atoms with Gasteiger partial charge in [0.2, 0.25) is 15.9 Å². The average molecular weight is 455 g/mol. The molecule has 0 saturated carbocycles. The Morgan fingerprint density at radius 2 is 2.03 bits per heavy atom. The molecule has 1 aromatic carbocycles. The summed E-state index contributed by atoms with van der Waals surface area (Å²) in [7, 11) is -3.64. The van der Waals surface area contributed by atoms with Crippen LogP contribution in [0.5, 0.6) is 5.75 Å². The first-order chi connectivity index (χ1) is 14.4. The number of ether oxygens (including phenoxy) is 1. The van der Waals surface area contributed by atoms with Gasteiger partial charge in [0.1, 0.15) is 5.75 Å². The molecule has 8 heteroatoms. The second kappa shape index (κ2) is 10.6. The highest BCUT2D eigenvalue weighted by atomic mass is 35.5. The molecule has 1 aliphatic carbocycles. The van der Waals surface area contributed by atoms with Crippen LogP contribution in [0.4, 0.5) is 0 Å². The van der Waals surface area contributed by atoms with Crippen LogP contribution in [-0.4, -0.2) is 44.9 Å². The molecule has 0 spiro atoms. The molecule has 1 N–H and O–H groups in total. The number of hydrogen-bond acceptors (Lipinski definition) is 4. The second-order valence-electron chi connectivity index (χ2n) is 7.85. The van der Waals surface area contributed by atoms with E-state index in [-0.39, 0.29) is 21.7 Å². The number of hydrogen-bond donors (Lipinski definition) is 1. The van der Waals surface area contributed by atoms with Crippen LogP contribution in [-0.2, 0) is 14.8 Å². The topological polar surface area (TPSA) is 75.7 Å². The van der Waals surface area contributed by atoms with E-state index in [1.165, 1.54) is 34.9 Å². The molecule has 1 heterocycles. The van der Waals surface area contributed by atoms with Crippen LogP contribution in [0.25, 0.3) is 0 Å². The number of nitrogens with one attached hydrogen (secondary N) is 1. The van der Waals surface area contributed by atoms with Gasteiger partial charge in [-0.1, -0.05) is 23.3 Å². The van der Waals surface area contributed by atoms with Gasteiger partial charge in [-0.05, 0) is 70.1 Å². The van der Waals surface area contributed by atoms with Crippen LogP contribution in [0.15, 0.2) is 34.7 Å². The highest BCUT2D eigenvalue weighted by Gasteiger charge is 2.32. The predicted octanol–water partition coefficient (Wildman–Crippen LogP) is 4.15. The van der Waals surface area contributed by atoms with Gasteiger partial charge >= 0.3 is 0 Å². The Labute approximate surface area is 184 Å².